The average Bonchev–Trinajstić information content (AvgIpc) is 2.47. The zero-order valence-electron chi connectivity index (χ0n) is 12.7. The molecule has 1 saturated heterocycles. The molecule has 2 unspecified atom stereocenters. The second-order valence-corrected chi connectivity index (χ2v) is 7.32. The lowest BCUT2D eigenvalue weighted by atomic mass is 9.90. The maximum absolute atomic E-state index is 12.4. The Morgan fingerprint density at radius 1 is 1.38 bits per heavy atom. The number of para-hydroxylation sites is 1. The van der Waals surface area contributed by atoms with E-state index < -0.39 is 10.0 Å². The smallest absolute Gasteiger partial charge is 0.242 e. The van der Waals surface area contributed by atoms with E-state index in [-0.39, 0.29) is 6.04 Å². The Kier molecular flexibility index (Phi) is 5.24. The largest absolute Gasteiger partial charge is 0.366 e. The molecule has 0 radical (unpaired) electrons. The van der Waals surface area contributed by atoms with Crippen LogP contribution in [0.25, 0.3) is 0 Å². The minimum atomic E-state index is -3.47. The maximum atomic E-state index is 12.4. The van der Waals surface area contributed by atoms with Gasteiger partial charge in [-0.15, -0.1) is 0 Å². The third-order valence-corrected chi connectivity index (χ3v) is 5.75. The quantitative estimate of drug-likeness (QED) is 0.865. The van der Waals surface area contributed by atoms with E-state index in [0.29, 0.717) is 23.9 Å². The number of nitrogens with zero attached hydrogens (tertiary/aromatic N) is 1. The molecule has 1 aliphatic heterocycles. The van der Waals surface area contributed by atoms with Crippen LogP contribution < -0.4 is 15.4 Å². The van der Waals surface area contributed by atoms with Gasteiger partial charge in [0.1, 0.15) is 4.90 Å². The van der Waals surface area contributed by atoms with Crippen molar-refractivity contribution in [2.45, 2.75) is 37.6 Å². The van der Waals surface area contributed by atoms with Crippen LogP contribution >= 0.6 is 0 Å². The van der Waals surface area contributed by atoms with E-state index in [4.69, 9.17) is 5.73 Å². The van der Waals surface area contributed by atoms with Crippen LogP contribution in [0.1, 0.15) is 26.7 Å². The van der Waals surface area contributed by atoms with Gasteiger partial charge in [-0.1, -0.05) is 26.0 Å². The molecular formula is C15H25N3O2S. The molecule has 0 spiro atoms. The van der Waals surface area contributed by atoms with E-state index in [9.17, 15) is 8.42 Å². The molecule has 0 bridgehead atoms. The van der Waals surface area contributed by atoms with Crippen LogP contribution in [0.3, 0.4) is 0 Å². The number of hydrogen-bond acceptors (Lipinski definition) is 4. The first-order chi connectivity index (χ1) is 10.0. The summed E-state index contributed by atoms with van der Waals surface area (Å²) in [4.78, 5) is 2.51. The number of anilines is 1. The van der Waals surface area contributed by atoms with Gasteiger partial charge < -0.3 is 10.6 Å². The van der Waals surface area contributed by atoms with Gasteiger partial charge in [0.2, 0.25) is 10.0 Å². The van der Waals surface area contributed by atoms with Crippen LogP contribution in [0.4, 0.5) is 5.69 Å². The van der Waals surface area contributed by atoms with Crippen molar-refractivity contribution in [2.24, 2.45) is 11.7 Å². The van der Waals surface area contributed by atoms with Gasteiger partial charge in [-0.05, 0) is 30.9 Å². The predicted octanol–water partition coefficient (Wildman–Crippen LogP) is 1.55. The average molecular weight is 311 g/mol. The van der Waals surface area contributed by atoms with E-state index in [0.717, 1.165) is 25.1 Å². The summed E-state index contributed by atoms with van der Waals surface area (Å²) in [6.07, 6.45) is 2.20. The summed E-state index contributed by atoms with van der Waals surface area (Å²) in [7, 11) is -3.47. The molecule has 1 aromatic rings. The fourth-order valence-corrected chi connectivity index (χ4v) is 4.35. The van der Waals surface area contributed by atoms with Crippen molar-refractivity contribution in [1.29, 1.82) is 0 Å². The number of benzene rings is 1. The summed E-state index contributed by atoms with van der Waals surface area (Å²) < 4.78 is 27.4. The van der Waals surface area contributed by atoms with Crippen LogP contribution in [0.15, 0.2) is 29.2 Å². The summed E-state index contributed by atoms with van der Waals surface area (Å²) in [6.45, 7) is 5.74. The van der Waals surface area contributed by atoms with Crippen molar-refractivity contribution in [3.8, 4) is 0 Å². The van der Waals surface area contributed by atoms with Crippen molar-refractivity contribution in [1.82, 2.24) is 4.72 Å². The molecule has 0 saturated carbocycles. The lowest BCUT2D eigenvalue weighted by molar-refractivity contribution is 0.348. The molecule has 0 aliphatic carbocycles. The Morgan fingerprint density at radius 2 is 2.10 bits per heavy atom. The molecule has 0 amide bonds. The standard InChI is InChI=1S/C15H25N3O2S/c1-3-17-21(19,20)15-9-5-4-8-13(15)18-10-6-7-12(2)14(18)11-16/h4-5,8-9,12,14,17H,3,6-7,10-11,16H2,1-2H3. The highest BCUT2D eigenvalue weighted by Gasteiger charge is 2.30. The highest BCUT2D eigenvalue weighted by molar-refractivity contribution is 7.89. The second-order valence-electron chi connectivity index (χ2n) is 5.59. The molecule has 2 atom stereocenters. The lowest BCUT2D eigenvalue weighted by Gasteiger charge is -2.41. The summed E-state index contributed by atoms with van der Waals surface area (Å²) >= 11 is 0. The molecule has 118 valence electrons. The van der Waals surface area contributed by atoms with E-state index in [1.165, 1.54) is 0 Å². The summed E-state index contributed by atoms with van der Waals surface area (Å²) in [6, 6.07) is 7.38. The molecule has 0 aromatic heterocycles. The zero-order chi connectivity index (χ0) is 15.5. The molecule has 3 N–H and O–H groups in total. The van der Waals surface area contributed by atoms with Crippen molar-refractivity contribution >= 4 is 15.7 Å². The SMILES string of the molecule is CCNS(=O)(=O)c1ccccc1N1CCCC(C)C1CN. The zero-order valence-corrected chi connectivity index (χ0v) is 13.6. The number of hydrogen-bond donors (Lipinski definition) is 2. The highest BCUT2D eigenvalue weighted by Crippen LogP contribution is 2.32. The summed E-state index contributed by atoms with van der Waals surface area (Å²) in [5.41, 5.74) is 6.70. The third kappa shape index (κ3) is 3.39. The lowest BCUT2D eigenvalue weighted by Crippen LogP contribution is -2.49. The molecule has 21 heavy (non-hydrogen) atoms. The third-order valence-electron chi connectivity index (χ3n) is 4.16. The fourth-order valence-electron chi connectivity index (χ4n) is 3.10. The van der Waals surface area contributed by atoms with Crippen LogP contribution in [-0.2, 0) is 10.0 Å². The van der Waals surface area contributed by atoms with Gasteiger partial charge >= 0.3 is 0 Å². The van der Waals surface area contributed by atoms with Gasteiger partial charge in [-0.25, -0.2) is 13.1 Å². The van der Waals surface area contributed by atoms with Crippen LogP contribution in [0.5, 0.6) is 0 Å². The molecule has 1 fully saturated rings. The van der Waals surface area contributed by atoms with Crippen molar-refractivity contribution in [3.05, 3.63) is 24.3 Å². The monoisotopic (exact) mass is 311 g/mol. The second kappa shape index (κ2) is 6.77. The van der Waals surface area contributed by atoms with Crippen LogP contribution in [0, 0.1) is 5.92 Å². The predicted molar refractivity (Wildman–Crippen MR) is 85.9 cm³/mol. The molecule has 6 heteroatoms. The van der Waals surface area contributed by atoms with Gasteiger partial charge in [0.15, 0.2) is 0 Å². The number of nitrogens with one attached hydrogen (secondary N) is 1. The van der Waals surface area contributed by atoms with Crippen LogP contribution in [0.2, 0.25) is 0 Å². The Hall–Kier alpha value is -1.11. The first kappa shape index (κ1) is 16.3. The topological polar surface area (TPSA) is 75.4 Å². The van der Waals surface area contributed by atoms with E-state index in [1.807, 2.05) is 12.1 Å². The molecular weight excluding hydrogens is 286 g/mol. The number of nitrogens with two attached hydrogens (primary N) is 1. The normalized spacial score (nSPS) is 23.3. The first-order valence-corrected chi connectivity index (χ1v) is 9.05. The van der Waals surface area contributed by atoms with Crippen molar-refractivity contribution in [2.75, 3.05) is 24.5 Å². The Balaban J connectivity index is 2.44. The molecule has 2 rings (SSSR count). The van der Waals surface area contributed by atoms with Gasteiger partial charge in [0.25, 0.3) is 0 Å². The van der Waals surface area contributed by atoms with Gasteiger partial charge in [0.05, 0.1) is 5.69 Å². The van der Waals surface area contributed by atoms with Crippen molar-refractivity contribution < 1.29 is 8.42 Å². The minimum Gasteiger partial charge on any atom is -0.366 e. The molecule has 5 nitrogen and oxygen atoms in total. The summed E-state index contributed by atoms with van der Waals surface area (Å²) in [5, 5.41) is 0. The van der Waals surface area contributed by atoms with E-state index >= 15 is 0 Å². The number of piperidine rings is 1. The fraction of sp³-hybridized carbons (Fsp3) is 0.600. The minimum absolute atomic E-state index is 0.191. The Labute approximate surface area is 127 Å². The molecule has 1 heterocycles. The Bertz CT molecular complexity index is 574. The van der Waals surface area contributed by atoms with Gasteiger partial charge in [-0.3, -0.25) is 0 Å². The number of rotatable bonds is 5. The number of sulfonamides is 1. The van der Waals surface area contributed by atoms with Gasteiger partial charge in [-0.2, -0.15) is 0 Å². The van der Waals surface area contributed by atoms with Crippen molar-refractivity contribution in [3.63, 3.8) is 0 Å². The first-order valence-electron chi connectivity index (χ1n) is 7.56. The van der Waals surface area contributed by atoms with Gasteiger partial charge in [0, 0.05) is 25.7 Å². The van der Waals surface area contributed by atoms with Crippen LogP contribution in [-0.4, -0.2) is 34.1 Å². The molecule has 1 aliphatic rings. The molecule has 1 aromatic carbocycles. The Morgan fingerprint density at radius 3 is 2.76 bits per heavy atom. The maximum Gasteiger partial charge on any atom is 0.242 e. The van der Waals surface area contributed by atoms with E-state index in [1.54, 1.807) is 19.1 Å². The summed E-state index contributed by atoms with van der Waals surface area (Å²) in [5.74, 6) is 0.471. The van der Waals surface area contributed by atoms with E-state index in [2.05, 4.69) is 16.5 Å². The highest BCUT2D eigenvalue weighted by atomic mass is 32.2.